The lowest BCUT2D eigenvalue weighted by molar-refractivity contribution is 0.593. The van der Waals surface area contributed by atoms with Crippen molar-refractivity contribution < 1.29 is 8.42 Å². The van der Waals surface area contributed by atoms with Crippen LogP contribution in [0.5, 0.6) is 0 Å². The molecule has 4 N–H and O–H groups in total. The van der Waals surface area contributed by atoms with Gasteiger partial charge in [0.2, 0.25) is 9.84 Å². The van der Waals surface area contributed by atoms with Crippen molar-refractivity contribution in [3.8, 4) is 0 Å². The molecule has 0 saturated heterocycles. The summed E-state index contributed by atoms with van der Waals surface area (Å²) in [5, 5.41) is -0.134. The SMILES string of the molecule is Nc1ccc(S(=O)(=O)c2ncccc2N)cc1. The van der Waals surface area contributed by atoms with Gasteiger partial charge in [-0.2, -0.15) is 0 Å². The molecular weight excluding hydrogens is 238 g/mol. The van der Waals surface area contributed by atoms with Gasteiger partial charge in [-0.15, -0.1) is 0 Å². The Morgan fingerprint density at radius 2 is 1.65 bits per heavy atom. The maximum Gasteiger partial charge on any atom is 0.225 e. The van der Waals surface area contributed by atoms with Gasteiger partial charge >= 0.3 is 0 Å². The predicted molar refractivity (Wildman–Crippen MR) is 65.0 cm³/mol. The molecule has 1 heterocycles. The smallest absolute Gasteiger partial charge is 0.225 e. The van der Waals surface area contributed by atoms with Crippen LogP contribution >= 0.6 is 0 Å². The molecule has 17 heavy (non-hydrogen) atoms. The number of rotatable bonds is 2. The Morgan fingerprint density at radius 1 is 1.00 bits per heavy atom. The second kappa shape index (κ2) is 4.06. The molecule has 0 aliphatic rings. The molecule has 0 radical (unpaired) electrons. The molecule has 0 unspecified atom stereocenters. The van der Waals surface area contributed by atoms with Crippen molar-refractivity contribution in [2.45, 2.75) is 9.92 Å². The van der Waals surface area contributed by atoms with Crippen LogP contribution in [0.4, 0.5) is 11.4 Å². The molecule has 0 amide bonds. The Balaban J connectivity index is 2.58. The number of anilines is 2. The van der Waals surface area contributed by atoms with Gasteiger partial charge in [-0.25, -0.2) is 13.4 Å². The lowest BCUT2D eigenvalue weighted by Gasteiger charge is -2.06. The van der Waals surface area contributed by atoms with E-state index in [4.69, 9.17) is 11.5 Å². The first-order chi connectivity index (χ1) is 8.01. The second-order valence-electron chi connectivity index (χ2n) is 3.47. The fourth-order valence-corrected chi connectivity index (χ4v) is 2.68. The summed E-state index contributed by atoms with van der Waals surface area (Å²) >= 11 is 0. The van der Waals surface area contributed by atoms with E-state index in [1.807, 2.05) is 0 Å². The van der Waals surface area contributed by atoms with Crippen LogP contribution in [0.3, 0.4) is 0 Å². The molecule has 0 aliphatic heterocycles. The highest BCUT2D eigenvalue weighted by molar-refractivity contribution is 7.91. The van der Waals surface area contributed by atoms with E-state index < -0.39 is 9.84 Å². The molecule has 1 aromatic carbocycles. The van der Waals surface area contributed by atoms with Crippen LogP contribution in [0.15, 0.2) is 52.5 Å². The third-order valence-corrected chi connectivity index (χ3v) is 3.99. The van der Waals surface area contributed by atoms with E-state index >= 15 is 0 Å². The minimum Gasteiger partial charge on any atom is -0.399 e. The van der Waals surface area contributed by atoms with Gasteiger partial charge in [-0.3, -0.25) is 0 Å². The summed E-state index contributed by atoms with van der Waals surface area (Å²) < 4.78 is 24.4. The van der Waals surface area contributed by atoms with Crippen LogP contribution in [0.1, 0.15) is 0 Å². The number of nitrogens with two attached hydrogens (primary N) is 2. The molecule has 1 aromatic heterocycles. The Morgan fingerprint density at radius 3 is 2.24 bits per heavy atom. The molecule has 0 atom stereocenters. The summed E-state index contributed by atoms with van der Waals surface area (Å²) in [6.07, 6.45) is 1.39. The van der Waals surface area contributed by atoms with Crippen molar-refractivity contribution in [2.75, 3.05) is 11.5 Å². The number of hydrogen-bond acceptors (Lipinski definition) is 5. The quantitative estimate of drug-likeness (QED) is 0.776. The van der Waals surface area contributed by atoms with Crippen molar-refractivity contribution in [3.05, 3.63) is 42.6 Å². The van der Waals surface area contributed by atoms with Gasteiger partial charge in [0.05, 0.1) is 10.6 Å². The average molecular weight is 249 g/mol. The monoisotopic (exact) mass is 249 g/mol. The normalized spacial score (nSPS) is 11.3. The molecule has 2 aromatic rings. The summed E-state index contributed by atoms with van der Waals surface area (Å²) in [5.74, 6) is 0. The highest BCUT2D eigenvalue weighted by Gasteiger charge is 2.21. The maximum absolute atomic E-state index is 12.2. The fourth-order valence-electron chi connectivity index (χ4n) is 1.39. The van der Waals surface area contributed by atoms with E-state index in [1.165, 1.54) is 36.5 Å². The largest absolute Gasteiger partial charge is 0.399 e. The zero-order valence-electron chi connectivity index (χ0n) is 8.87. The maximum atomic E-state index is 12.2. The zero-order valence-corrected chi connectivity index (χ0v) is 9.68. The fraction of sp³-hybridized carbons (Fsp3) is 0. The summed E-state index contributed by atoms with van der Waals surface area (Å²) in [4.78, 5) is 3.93. The summed E-state index contributed by atoms with van der Waals surface area (Å²) in [7, 11) is -3.68. The van der Waals surface area contributed by atoms with Crippen molar-refractivity contribution in [2.24, 2.45) is 0 Å². The summed E-state index contributed by atoms with van der Waals surface area (Å²) in [6, 6.07) is 8.98. The number of hydrogen-bond donors (Lipinski definition) is 2. The lowest BCUT2D eigenvalue weighted by atomic mass is 10.3. The molecule has 5 nitrogen and oxygen atoms in total. The van der Waals surface area contributed by atoms with Gasteiger partial charge in [-0.1, -0.05) is 0 Å². The molecule has 0 spiro atoms. The first kappa shape index (κ1) is 11.4. The Kier molecular flexibility index (Phi) is 2.72. The van der Waals surface area contributed by atoms with Crippen molar-refractivity contribution >= 4 is 21.2 Å². The first-order valence-corrected chi connectivity index (χ1v) is 6.31. The van der Waals surface area contributed by atoms with Gasteiger partial charge < -0.3 is 11.5 Å². The molecule has 2 rings (SSSR count). The molecular formula is C11H11N3O2S. The van der Waals surface area contributed by atoms with E-state index in [0.717, 1.165) is 0 Å². The van der Waals surface area contributed by atoms with Crippen molar-refractivity contribution in [1.29, 1.82) is 0 Å². The van der Waals surface area contributed by atoms with E-state index in [-0.39, 0.29) is 15.6 Å². The predicted octanol–water partition coefficient (Wildman–Crippen LogP) is 1.08. The summed E-state index contributed by atoms with van der Waals surface area (Å²) in [6.45, 7) is 0. The van der Waals surface area contributed by atoms with Crippen LogP contribution < -0.4 is 11.5 Å². The van der Waals surface area contributed by atoms with Crippen LogP contribution in [-0.4, -0.2) is 13.4 Å². The molecule has 0 aliphatic carbocycles. The molecule has 6 heteroatoms. The molecule has 0 fully saturated rings. The number of aromatic nitrogens is 1. The van der Waals surface area contributed by atoms with Crippen molar-refractivity contribution in [3.63, 3.8) is 0 Å². The number of sulfone groups is 1. The highest BCUT2D eigenvalue weighted by Crippen LogP contribution is 2.23. The Hall–Kier alpha value is -2.08. The van der Waals surface area contributed by atoms with Crippen LogP contribution in [0.25, 0.3) is 0 Å². The summed E-state index contributed by atoms with van der Waals surface area (Å²) in [5.41, 5.74) is 11.7. The number of pyridine rings is 1. The minimum atomic E-state index is -3.68. The zero-order chi connectivity index (χ0) is 12.5. The van der Waals surface area contributed by atoms with Gasteiger partial charge in [0.25, 0.3) is 0 Å². The number of benzene rings is 1. The van der Waals surface area contributed by atoms with Gasteiger partial charge in [0.15, 0.2) is 5.03 Å². The second-order valence-corrected chi connectivity index (χ2v) is 5.34. The average Bonchev–Trinajstić information content (AvgIpc) is 2.30. The Labute approximate surface area is 99.0 Å². The van der Waals surface area contributed by atoms with Crippen LogP contribution in [0, 0.1) is 0 Å². The van der Waals surface area contributed by atoms with E-state index in [1.54, 1.807) is 6.07 Å². The van der Waals surface area contributed by atoms with Gasteiger partial charge in [0.1, 0.15) is 0 Å². The van der Waals surface area contributed by atoms with E-state index in [2.05, 4.69) is 4.98 Å². The van der Waals surface area contributed by atoms with E-state index in [0.29, 0.717) is 5.69 Å². The molecule has 0 bridgehead atoms. The number of nitrogen functional groups attached to an aromatic ring is 2. The molecule has 0 saturated carbocycles. The number of nitrogens with zero attached hydrogens (tertiary/aromatic N) is 1. The first-order valence-electron chi connectivity index (χ1n) is 4.83. The lowest BCUT2D eigenvalue weighted by Crippen LogP contribution is -2.07. The van der Waals surface area contributed by atoms with Crippen molar-refractivity contribution in [1.82, 2.24) is 4.98 Å². The Bertz CT molecular complexity index is 636. The highest BCUT2D eigenvalue weighted by atomic mass is 32.2. The third-order valence-electron chi connectivity index (χ3n) is 2.25. The topological polar surface area (TPSA) is 99.1 Å². The van der Waals surface area contributed by atoms with Crippen LogP contribution in [-0.2, 0) is 9.84 Å². The molecule has 88 valence electrons. The third kappa shape index (κ3) is 2.07. The van der Waals surface area contributed by atoms with Gasteiger partial charge in [-0.05, 0) is 36.4 Å². The standard InChI is InChI=1S/C11H11N3O2S/c12-8-3-5-9(6-4-8)17(15,16)11-10(13)2-1-7-14-11/h1-7H,12-13H2. The van der Waals surface area contributed by atoms with E-state index in [9.17, 15) is 8.42 Å². The van der Waals surface area contributed by atoms with Crippen LogP contribution in [0.2, 0.25) is 0 Å². The van der Waals surface area contributed by atoms with Gasteiger partial charge in [0, 0.05) is 11.9 Å². The minimum absolute atomic E-state index is 0.122.